The molecule has 4 rings (SSSR count). The number of benzene rings is 2. The summed E-state index contributed by atoms with van der Waals surface area (Å²) in [5.41, 5.74) is 3.59. The van der Waals surface area contributed by atoms with E-state index >= 15 is 0 Å². The second kappa shape index (κ2) is 10.0. The first-order chi connectivity index (χ1) is 15.9. The summed E-state index contributed by atoms with van der Waals surface area (Å²) in [4.78, 5) is 23.3. The van der Waals surface area contributed by atoms with Crippen molar-refractivity contribution in [2.75, 3.05) is 19.6 Å². The molecule has 5 heteroatoms. The number of aliphatic hydroxyl groups excluding tert-OH is 1. The Balaban J connectivity index is 1.99. The fraction of sp³-hybridized carbons (Fsp3) is 0.429. The van der Waals surface area contributed by atoms with Gasteiger partial charge in [0.1, 0.15) is 0 Å². The third-order valence-corrected chi connectivity index (χ3v) is 6.50. The number of carbonyl (C=O) groups is 1. The second-order valence-electron chi connectivity index (χ2n) is 9.56. The summed E-state index contributed by atoms with van der Waals surface area (Å²) < 4.78 is 0. The van der Waals surface area contributed by atoms with Crippen LogP contribution in [0.15, 0.2) is 54.6 Å². The molecular weight excluding hydrogens is 410 g/mol. The highest BCUT2D eigenvalue weighted by molar-refractivity contribution is 6.09. The van der Waals surface area contributed by atoms with Gasteiger partial charge in [-0.15, -0.1) is 0 Å². The number of para-hydroxylation sites is 1. The molecule has 0 aliphatic carbocycles. The van der Waals surface area contributed by atoms with Gasteiger partial charge in [0.25, 0.3) is 5.91 Å². The highest BCUT2D eigenvalue weighted by atomic mass is 16.3. The Kier molecular flexibility index (Phi) is 7.11. The number of β-amino-alcohol motifs (C(OH)–C–C–N with tert-alkyl or cyclic N) is 1. The van der Waals surface area contributed by atoms with Crippen molar-refractivity contribution in [3.05, 3.63) is 65.7 Å². The number of amides is 1. The Morgan fingerprint density at radius 3 is 2.21 bits per heavy atom. The minimum Gasteiger partial charge on any atom is -0.387 e. The summed E-state index contributed by atoms with van der Waals surface area (Å²) in [5, 5.41) is 12.4. The van der Waals surface area contributed by atoms with Crippen LogP contribution in [-0.4, -0.2) is 57.5 Å². The van der Waals surface area contributed by atoms with Gasteiger partial charge in [0.2, 0.25) is 0 Å². The van der Waals surface area contributed by atoms with Gasteiger partial charge in [0.15, 0.2) is 0 Å². The summed E-state index contributed by atoms with van der Waals surface area (Å²) in [5.74, 6) is -0.0498. The highest BCUT2D eigenvalue weighted by Crippen LogP contribution is 2.36. The Morgan fingerprint density at radius 1 is 0.970 bits per heavy atom. The topological polar surface area (TPSA) is 56.7 Å². The van der Waals surface area contributed by atoms with Gasteiger partial charge in [-0.1, -0.05) is 48.5 Å². The van der Waals surface area contributed by atoms with E-state index in [0.717, 1.165) is 42.4 Å². The zero-order valence-electron chi connectivity index (χ0n) is 20.2. The van der Waals surface area contributed by atoms with Gasteiger partial charge in [-0.2, -0.15) is 0 Å². The summed E-state index contributed by atoms with van der Waals surface area (Å²) >= 11 is 0. The van der Waals surface area contributed by atoms with Crippen LogP contribution in [0, 0.1) is 0 Å². The molecule has 0 saturated carbocycles. The first-order valence-electron chi connectivity index (χ1n) is 12.1. The quantitative estimate of drug-likeness (QED) is 0.537. The van der Waals surface area contributed by atoms with Crippen LogP contribution in [0.2, 0.25) is 0 Å². The molecule has 5 nitrogen and oxygen atoms in total. The van der Waals surface area contributed by atoms with E-state index in [9.17, 15) is 9.90 Å². The molecule has 1 atom stereocenters. The first kappa shape index (κ1) is 23.4. The fourth-order valence-electron chi connectivity index (χ4n) is 5.09. The van der Waals surface area contributed by atoms with Crippen LogP contribution in [0.25, 0.3) is 22.2 Å². The number of fused-ring (bicyclic) bond motifs is 1. The molecule has 1 aliphatic heterocycles. The number of rotatable bonds is 7. The SMILES string of the molecule is CC(C)N(C(=O)c1c(C(O)CN2CCCC2)c(-c2ccccc2)nc2ccccc12)C(C)C. The van der Waals surface area contributed by atoms with Crippen LogP contribution < -0.4 is 0 Å². The molecule has 1 aromatic heterocycles. The summed E-state index contributed by atoms with van der Waals surface area (Å²) in [6.07, 6.45) is 1.48. The van der Waals surface area contributed by atoms with Gasteiger partial charge in [0, 0.05) is 35.1 Å². The molecule has 0 radical (unpaired) electrons. The summed E-state index contributed by atoms with van der Waals surface area (Å²) in [6, 6.07) is 17.8. The lowest BCUT2D eigenvalue weighted by atomic mass is 9.91. The maximum atomic E-state index is 14.2. The number of carbonyl (C=O) groups excluding carboxylic acids is 1. The smallest absolute Gasteiger partial charge is 0.255 e. The van der Waals surface area contributed by atoms with Gasteiger partial charge < -0.3 is 14.9 Å². The molecule has 1 N–H and O–H groups in total. The Hall–Kier alpha value is -2.76. The minimum atomic E-state index is -0.810. The number of aliphatic hydroxyl groups is 1. The van der Waals surface area contributed by atoms with Crippen LogP contribution in [0.5, 0.6) is 0 Å². The molecule has 174 valence electrons. The molecule has 1 saturated heterocycles. The molecule has 1 unspecified atom stereocenters. The molecule has 1 fully saturated rings. The minimum absolute atomic E-state index is 0.0353. The molecule has 1 aliphatic rings. The van der Waals surface area contributed by atoms with E-state index in [1.807, 2.05) is 87.2 Å². The summed E-state index contributed by atoms with van der Waals surface area (Å²) in [7, 11) is 0. The Labute approximate surface area is 197 Å². The van der Waals surface area contributed by atoms with E-state index in [1.54, 1.807) is 0 Å². The van der Waals surface area contributed by atoms with Crippen molar-refractivity contribution in [3.63, 3.8) is 0 Å². The molecule has 33 heavy (non-hydrogen) atoms. The van der Waals surface area contributed by atoms with Gasteiger partial charge in [-0.05, 0) is 59.7 Å². The second-order valence-corrected chi connectivity index (χ2v) is 9.56. The number of aromatic nitrogens is 1. The monoisotopic (exact) mass is 445 g/mol. The molecular formula is C28H35N3O2. The van der Waals surface area contributed by atoms with Gasteiger partial charge in [0.05, 0.1) is 22.9 Å². The average molecular weight is 446 g/mol. The third kappa shape index (κ3) is 4.80. The maximum Gasteiger partial charge on any atom is 0.255 e. The largest absolute Gasteiger partial charge is 0.387 e. The van der Waals surface area contributed by atoms with Crippen molar-refractivity contribution in [1.82, 2.24) is 14.8 Å². The van der Waals surface area contributed by atoms with E-state index in [1.165, 1.54) is 0 Å². The highest BCUT2D eigenvalue weighted by Gasteiger charge is 2.32. The lowest BCUT2D eigenvalue weighted by Crippen LogP contribution is -2.43. The van der Waals surface area contributed by atoms with Gasteiger partial charge in [-0.25, -0.2) is 4.98 Å². The van der Waals surface area contributed by atoms with E-state index in [4.69, 9.17) is 4.98 Å². The zero-order valence-corrected chi connectivity index (χ0v) is 20.2. The summed E-state index contributed by atoms with van der Waals surface area (Å²) in [6.45, 7) is 10.6. The van der Waals surface area contributed by atoms with Crippen molar-refractivity contribution >= 4 is 16.8 Å². The number of pyridine rings is 1. The zero-order chi connectivity index (χ0) is 23.5. The molecule has 0 spiro atoms. The van der Waals surface area contributed by atoms with Crippen molar-refractivity contribution < 1.29 is 9.90 Å². The maximum absolute atomic E-state index is 14.2. The number of hydrogen-bond acceptors (Lipinski definition) is 4. The normalized spacial score (nSPS) is 15.5. The van der Waals surface area contributed by atoms with E-state index in [-0.39, 0.29) is 18.0 Å². The molecule has 3 aromatic rings. The lowest BCUT2D eigenvalue weighted by molar-refractivity contribution is 0.0635. The van der Waals surface area contributed by atoms with Crippen molar-refractivity contribution in [3.8, 4) is 11.3 Å². The van der Waals surface area contributed by atoms with Crippen LogP contribution in [0.3, 0.4) is 0 Å². The molecule has 2 aromatic carbocycles. The van der Waals surface area contributed by atoms with Crippen LogP contribution in [0.1, 0.15) is 62.6 Å². The van der Waals surface area contributed by atoms with Crippen molar-refractivity contribution in [2.24, 2.45) is 0 Å². The van der Waals surface area contributed by atoms with Crippen molar-refractivity contribution in [1.29, 1.82) is 0 Å². The molecule has 0 bridgehead atoms. The van der Waals surface area contributed by atoms with Crippen molar-refractivity contribution in [2.45, 2.75) is 58.7 Å². The number of hydrogen-bond donors (Lipinski definition) is 1. The predicted molar refractivity (Wildman–Crippen MR) is 134 cm³/mol. The number of nitrogens with zero attached hydrogens (tertiary/aromatic N) is 3. The fourth-order valence-corrected chi connectivity index (χ4v) is 5.09. The van der Waals surface area contributed by atoms with E-state index in [2.05, 4.69) is 4.90 Å². The number of likely N-dealkylation sites (tertiary alicyclic amines) is 1. The van der Waals surface area contributed by atoms with Gasteiger partial charge >= 0.3 is 0 Å². The van der Waals surface area contributed by atoms with E-state index in [0.29, 0.717) is 23.4 Å². The first-order valence-corrected chi connectivity index (χ1v) is 12.1. The Bertz CT molecular complexity index is 1100. The standard InChI is InChI=1S/C28H35N3O2/c1-19(2)31(20(3)4)28(33)25-22-14-8-9-15-23(22)29-27(21-12-6-5-7-13-21)26(25)24(32)18-30-16-10-11-17-30/h5-9,12-15,19-20,24,32H,10-11,16-18H2,1-4H3. The van der Waals surface area contributed by atoms with Gasteiger partial charge in [-0.3, -0.25) is 4.79 Å². The van der Waals surface area contributed by atoms with Crippen LogP contribution >= 0.6 is 0 Å². The molecule has 1 amide bonds. The Morgan fingerprint density at radius 2 is 1.58 bits per heavy atom. The third-order valence-electron chi connectivity index (χ3n) is 6.50. The average Bonchev–Trinajstić information content (AvgIpc) is 3.30. The molecule has 2 heterocycles. The predicted octanol–water partition coefficient (Wildman–Crippen LogP) is 5.29. The van der Waals surface area contributed by atoms with E-state index < -0.39 is 6.10 Å². The lowest BCUT2D eigenvalue weighted by Gasteiger charge is -2.33. The van der Waals surface area contributed by atoms with Crippen LogP contribution in [-0.2, 0) is 0 Å². The van der Waals surface area contributed by atoms with Crippen LogP contribution in [0.4, 0.5) is 0 Å².